The molecule has 1 aromatic carbocycles. The number of hydrogen-bond acceptors (Lipinski definition) is 3. The van der Waals surface area contributed by atoms with Crippen molar-refractivity contribution in [2.45, 2.75) is 26.4 Å². The van der Waals surface area contributed by atoms with Gasteiger partial charge in [-0.25, -0.2) is 0 Å². The zero-order valence-electron chi connectivity index (χ0n) is 10.6. The topological polar surface area (TPSA) is 62.1 Å². The summed E-state index contributed by atoms with van der Waals surface area (Å²) in [6.07, 6.45) is 0. The fourth-order valence-corrected chi connectivity index (χ4v) is 1.55. The number of nitrogens with zero attached hydrogens (tertiary/aromatic N) is 1. The molecule has 0 aliphatic rings. The van der Waals surface area contributed by atoms with Crippen molar-refractivity contribution < 1.29 is 9.53 Å². The number of hydrogen-bond donors (Lipinski definition) is 1. The van der Waals surface area contributed by atoms with Crippen LogP contribution in [-0.4, -0.2) is 18.1 Å². The lowest BCUT2D eigenvalue weighted by Gasteiger charge is -2.19. The number of benzene rings is 1. The first-order valence-corrected chi connectivity index (χ1v) is 6.24. The summed E-state index contributed by atoms with van der Waals surface area (Å²) in [7, 11) is 0. The molecule has 1 N–H and O–H groups in total. The van der Waals surface area contributed by atoms with E-state index in [9.17, 15) is 4.79 Å². The second-order valence-corrected chi connectivity index (χ2v) is 5.67. The van der Waals surface area contributed by atoms with Gasteiger partial charge in [0.15, 0.2) is 0 Å². The molecule has 0 aliphatic heterocycles. The molecule has 5 heteroatoms. The Labute approximate surface area is 115 Å². The lowest BCUT2D eigenvalue weighted by Crippen LogP contribution is -2.27. The Morgan fingerprint density at radius 3 is 2.72 bits per heavy atom. The minimum Gasteiger partial charge on any atom is -0.366 e. The van der Waals surface area contributed by atoms with Crippen LogP contribution in [0.4, 0.5) is 5.69 Å². The first-order chi connectivity index (χ1) is 8.31. The number of ether oxygens (including phenoxy) is 1. The van der Waals surface area contributed by atoms with E-state index in [-0.39, 0.29) is 18.1 Å². The highest BCUT2D eigenvalue weighted by molar-refractivity contribution is 9.10. The molecule has 4 nitrogen and oxygen atoms in total. The SMILES string of the molecule is CC(C)(C)OCC(=O)Nc1cc(Br)ccc1C#N. The maximum atomic E-state index is 11.7. The maximum absolute atomic E-state index is 11.7. The highest BCUT2D eigenvalue weighted by Crippen LogP contribution is 2.20. The largest absolute Gasteiger partial charge is 0.366 e. The molecule has 0 bridgehead atoms. The molecule has 0 saturated carbocycles. The van der Waals surface area contributed by atoms with Crippen molar-refractivity contribution >= 4 is 27.5 Å². The highest BCUT2D eigenvalue weighted by atomic mass is 79.9. The molecule has 0 atom stereocenters. The van der Waals surface area contributed by atoms with Crippen LogP contribution in [0.1, 0.15) is 26.3 Å². The molecule has 0 aliphatic carbocycles. The van der Waals surface area contributed by atoms with E-state index in [1.54, 1.807) is 18.2 Å². The first kappa shape index (κ1) is 14.7. The normalized spacial score (nSPS) is 10.8. The second-order valence-electron chi connectivity index (χ2n) is 4.75. The van der Waals surface area contributed by atoms with Crippen molar-refractivity contribution in [2.24, 2.45) is 0 Å². The van der Waals surface area contributed by atoms with Gasteiger partial charge in [-0.15, -0.1) is 0 Å². The smallest absolute Gasteiger partial charge is 0.250 e. The van der Waals surface area contributed by atoms with E-state index in [1.807, 2.05) is 26.8 Å². The van der Waals surface area contributed by atoms with E-state index in [0.29, 0.717) is 11.3 Å². The van der Waals surface area contributed by atoms with Gasteiger partial charge in [-0.2, -0.15) is 5.26 Å². The van der Waals surface area contributed by atoms with Gasteiger partial charge in [0.05, 0.1) is 16.9 Å². The molecule has 1 amide bonds. The lowest BCUT2D eigenvalue weighted by molar-refractivity contribution is -0.125. The Morgan fingerprint density at radius 2 is 2.17 bits per heavy atom. The van der Waals surface area contributed by atoms with Gasteiger partial charge in [-0.1, -0.05) is 15.9 Å². The van der Waals surface area contributed by atoms with Crippen molar-refractivity contribution in [2.75, 3.05) is 11.9 Å². The van der Waals surface area contributed by atoms with Crippen LogP contribution in [0.15, 0.2) is 22.7 Å². The third kappa shape index (κ3) is 4.86. The van der Waals surface area contributed by atoms with Gasteiger partial charge < -0.3 is 10.1 Å². The van der Waals surface area contributed by atoms with E-state index in [2.05, 4.69) is 21.2 Å². The summed E-state index contributed by atoms with van der Waals surface area (Å²) in [6.45, 7) is 5.58. The molecule has 0 saturated heterocycles. The van der Waals surface area contributed by atoms with Gasteiger partial charge in [0, 0.05) is 4.47 Å². The molecule has 0 unspecified atom stereocenters. The van der Waals surface area contributed by atoms with Gasteiger partial charge in [-0.05, 0) is 39.0 Å². The molecule has 1 aromatic rings. The zero-order valence-corrected chi connectivity index (χ0v) is 12.2. The Bertz CT molecular complexity index is 487. The summed E-state index contributed by atoms with van der Waals surface area (Å²) in [4.78, 5) is 11.7. The molecular weight excluding hydrogens is 296 g/mol. The monoisotopic (exact) mass is 310 g/mol. The van der Waals surface area contributed by atoms with E-state index in [0.717, 1.165) is 4.47 Å². The molecule has 0 spiro atoms. The molecule has 96 valence electrons. The molecular formula is C13H15BrN2O2. The van der Waals surface area contributed by atoms with Gasteiger partial charge >= 0.3 is 0 Å². The van der Waals surface area contributed by atoms with Gasteiger partial charge in [-0.3, -0.25) is 4.79 Å². The van der Waals surface area contributed by atoms with E-state index < -0.39 is 0 Å². The van der Waals surface area contributed by atoms with Crippen LogP contribution in [0.5, 0.6) is 0 Å². The minimum absolute atomic E-state index is 0.0408. The third-order valence-corrected chi connectivity index (χ3v) is 2.51. The summed E-state index contributed by atoms with van der Waals surface area (Å²) < 4.78 is 6.16. The average Bonchev–Trinajstić information content (AvgIpc) is 2.26. The quantitative estimate of drug-likeness (QED) is 0.933. The number of anilines is 1. The molecule has 0 radical (unpaired) electrons. The van der Waals surface area contributed by atoms with Gasteiger partial charge in [0.1, 0.15) is 12.7 Å². The van der Waals surface area contributed by atoms with Crippen LogP contribution in [0.2, 0.25) is 0 Å². The number of rotatable bonds is 3. The fourth-order valence-electron chi connectivity index (χ4n) is 1.19. The number of amides is 1. The number of carbonyl (C=O) groups is 1. The summed E-state index contributed by atoms with van der Waals surface area (Å²) in [6, 6.07) is 7.11. The minimum atomic E-state index is -0.368. The Hall–Kier alpha value is -1.38. The number of nitrogens with one attached hydrogen (secondary N) is 1. The first-order valence-electron chi connectivity index (χ1n) is 5.45. The van der Waals surface area contributed by atoms with E-state index in [1.165, 1.54) is 0 Å². The highest BCUT2D eigenvalue weighted by Gasteiger charge is 2.14. The maximum Gasteiger partial charge on any atom is 0.250 e. The summed E-state index contributed by atoms with van der Waals surface area (Å²) in [5, 5.41) is 11.6. The molecule has 0 heterocycles. The van der Waals surface area contributed by atoms with E-state index in [4.69, 9.17) is 10.00 Å². The molecule has 0 aromatic heterocycles. The van der Waals surface area contributed by atoms with E-state index >= 15 is 0 Å². The Morgan fingerprint density at radius 1 is 1.50 bits per heavy atom. The fraction of sp³-hybridized carbons (Fsp3) is 0.385. The number of halogens is 1. The average molecular weight is 311 g/mol. The van der Waals surface area contributed by atoms with Crippen molar-refractivity contribution in [3.8, 4) is 6.07 Å². The van der Waals surface area contributed by atoms with Crippen LogP contribution < -0.4 is 5.32 Å². The van der Waals surface area contributed by atoms with Crippen LogP contribution in [0.25, 0.3) is 0 Å². The van der Waals surface area contributed by atoms with Crippen molar-refractivity contribution in [1.82, 2.24) is 0 Å². The molecule has 18 heavy (non-hydrogen) atoms. The zero-order chi connectivity index (χ0) is 13.8. The Balaban J connectivity index is 2.70. The Kier molecular flexibility index (Phi) is 4.88. The predicted molar refractivity (Wildman–Crippen MR) is 73.2 cm³/mol. The van der Waals surface area contributed by atoms with Crippen LogP contribution in [0, 0.1) is 11.3 Å². The second kappa shape index (κ2) is 5.98. The number of nitriles is 1. The number of carbonyl (C=O) groups excluding carboxylic acids is 1. The summed E-state index contributed by atoms with van der Waals surface area (Å²) in [5.41, 5.74) is 0.531. The lowest BCUT2D eigenvalue weighted by atomic mass is 10.2. The summed E-state index contributed by atoms with van der Waals surface area (Å²) in [5.74, 6) is -0.278. The van der Waals surface area contributed by atoms with Gasteiger partial charge in [0.2, 0.25) is 5.91 Å². The predicted octanol–water partition coefficient (Wildman–Crippen LogP) is 3.07. The van der Waals surface area contributed by atoms with Gasteiger partial charge in [0.25, 0.3) is 0 Å². The van der Waals surface area contributed by atoms with Crippen LogP contribution in [0.3, 0.4) is 0 Å². The van der Waals surface area contributed by atoms with Crippen molar-refractivity contribution in [3.63, 3.8) is 0 Å². The van der Waals surface area contributed by atoms with Crippen molar-refractivity contribution in [1.29, 1.82) is 5.26 Å². The molecule has 1 rings (SSSR count). The summed E-state index contributed by atoms with van der Waals surface area (Å²) >= 11 is 3.29. The van der Waals surface area contributed by atoms with Crippen LogP contribution >= 0.6 is 15.9 Å². The van der Waals surface area contributed by atoms with Crippen LogP contribution in [-0.2, 0) is 9.53 Å². The third-order valence-electron chi connectivity index (χ3n) is 2.01. The van der Waals surface area contributed by atoms with Crippen molar-refractivity contribution in [3.05, 3.63) is 28.2 Å². The molecule has 0 fully saturated rings. The standard InChI is InChI=1S/C13H15BrN2O2/c1-13(2,3)18-8-12(17)16-11-6-10(14)5-4-9(11)7-15/h4-6H,8H2,1-3H3,(H,16,17).